The Morgan fingerprint density at radius 2 is 2.39 bits per heavy atom. The number of pyridine rings is 1. The number of nitrogens with one attached hydrogen (secondary N) is 1. The first-order valence-electron chi connectivity index (χ1n) is 5.79. The standard InChI is InChI=1S/C13H17FN2O2/c1-10(4-5-17)7-16-13(18)3-2-11-6-12(14)9-15-8-11/h2-3,6,8-10,17H,4-5,7H2,1H3,(H,16,18)/b3-2+. The predicted molar refractivity (Wildman–Crippen MR) is 67.1 cm³/mol. The second kappa shape index (κ2) is 7.55. The lowest BCUT2D eigenvalue weighted by atomic mass is 10.1. The number of rotatable bonds is 6. The Bertz CT molecular complexity index is 421. The zero-order valence-corrected chi connectivity index (χ0v) is 10.3. The van der Waals surface area contributed by atoms with Gasteiger partial charge in [-0.1, -0.05) is 6.92 Å². The van der Waals surface area contributed by atoms with Crippen molar-refractivity contribution >= 4 is 12.0 Å². The van der Waals surface area contributed by atoms with Gasteiger partial charge in [-0.3, -0.25) is 9.78 Å². The van der Waals surface area contributed by atoms with Gasteiger partial charge in [0.05, 0.1) is 6.20 Å². The molecule has 5 heteroatoms. The minimum atomic E-state index is -0.436. The molecule has 4 nitrogen and oxygen atoms in total. The number of hydrogen-bond donors (Lipinski definition) is 2. The van der Waals surface area contributed by atoms with Crippen LogP contribution >= 0.6 is 0 Å². The van der Waals surface area contributed by atoms with Gasteiger partial charge in [0.15, 0.2) is 0 Å². The summed E-state index contributed by atoms with van der Waals surface area (Å²) in [5.74, 6) is -0.457. The number of nitrogens with zero attached hydrogens (tertiary/aromatic N) is 1. The summed E-state index contributed by atoms with van der Waals surface area (Å²) in [5.41, 5.74) is 0.536. The van der Waals surface area contributed by atoms with Gasteiger partial charge in [-0.05, 0) is 30.0 Å². The van der Waals surface area contributed by atoms with E-state index < -0.39 is 5.82 Å². The van der Waals surface area contributed by atoms with Crippen molar-refractivity contribution in [1.29, 1.82) is 0 Å². The van der Waals surface area contributed by atoms with Crippen molar-refractivity contribution < 1.29 is 14.3 Å². The smallest absolute Gasteiger partial charge is 0.244 e. The highest BCUT2D eigenvalue weighted by Gasteiger charge is 2.02. The van der Waals surface area contributed by atoms with Gasteiger partial charge >= 0.3 is 0 Å². The van der Waals surface area contributed by atoms with Crippen LogP contribution in [-0.2, 0) is 4.79 Å². The Hall–Kier alpha value is -1.75. The Morgan fingerprint density at radius 3 is 3.06 bits per heavy atom. The van der Waals surface area contributed by atoms with Crippen LogP contribution in [0.1, 0.15) is 18.9 Å². The molecule has 0 radical (unpaired) electrons. The summed E-state index contributed by atoms with van der Waals surface area (Å²) in [7, 11) is 0. The van der Waals surface area contributed by atoms with Crippen LogP contribution in [0.5, 0.6) is 0 Å². The van der Waals surface area contributed by atoms with E-state index in [1.165, 1.54) is 24.4 Å². The second-order valence-corrected chi connectivity index (χ2v) is 4.13. The van der Waals surface area contributed by atoms with Crippen molar-refractivity contribution in [3.8, 4) is 0 Å². The van der Waals surface area contributed by atoms with Gasteiger partial charge < -0.3 is 10.4 Å². The first kappa shape index (κ1) is 14.3. The molecule has 18 heavy (non-hydrogen) atoms. The van der Waals surface area contributed by atoms with Crippen LogP contribution in [-0.4, -0.2) is 29.1 Å². The molecule has 1 aromatic heterocycles. The number of aliphatic hydroxyl groups excluding tert-OH is 1. The highest BCUT2D eigenvalue weighted by molar-refractivity contribution is 5.91. The van der Waals surface area contributed by atoms with Gasteiger partial charge in [-0.15, -0.1) is 0 Å². The summed E-state index contributed by atoms with van der Waals surface area (Å²) >= 11 is 0. The third-order valence-electron chi connectivity index (χ3n) is 2.40. The maximum atomic E-state index is 12.8. The van der Waals surface area contributed by atoms with Crippen molar-refractivity contribution in [3.63, 3.8) is 0 Å². The monoisotopic (exact) mass is 252 g/mol. The molecule has 1 aromatic rings. The molecule has 0 fully saturated rings. The van der Waals surface area contributed by atoms with E-state index >= 15 is 0 Å². The highest BCUT2D eigenvalue weighted by Crippen LogP contribution is 2.03. The summed E-state index contributed by atoms with van der Waals surface area (Å²) in [4.78, 5) is 15.1. The van der Waals surface area contributed by atoms with E-state index in [4.69, 9.17) is 5.11 Å². The van der Waals surface area contributed by atoms with Crippen LogP contribution in [0.2, 0.25) is 0 Å². The Morgan fingerprint density at radius 1 is 1.61 bits per heavy atom. The number of aliphatic hydroxyl groups is 1. The van der Waals surface area contributed by atoms with E-state index in [0.29, 0.717) is 18.5 Å². The van der Waals surface area contributed by atoms with Crippen LogP contribution in [0.3, 0.4) is 0 Å². The number of aromatic nitrogens is 1. The zero-order valence-electron chi connectivity index (χ0n) is 10.3. The maximum absolute atomic E-state index is 12.8. The first-order chi connectivity index (χ1) is 8.61. The van der Waals surface area contributed by atoms with Crippen LogP contribution in [0.25, 0.3) is 6.08 Å². The van der Waals surface area contributed by atoms with Gasteiger partial charge in [0.1, 0.15) is 5.82 Å². The molecule has 0 bridgehead atoms. The molecule has 0 aliphatic carbocycles. The van der Waals surface area contributed by atoms with E-state index in [2.05, 4.69) is 10.3 Å². The molecule has 0 aliphatic heterocycles. The molecule has 0 saturated heterocycles. The fourth-order valence-corrected chi connectivity index (χ4v) is 1.35. The summed E-state index contributed by atoms with van der Waals surface area (Å²) in [6.45, 7) is 2.56. The van der Waals surface area contributed by atoms with Gasteiger partial charge in [0, 0.05) is 25.4 Å². The number of carbonyl (C=O) groups excluding carboxylic acids is 1. The van der Waals surface area contributed by atoms with E-state index in [1.807, 2.05) is 6.92 Å². The number of hydrogen-bond acceptors (Lipinski definition) is 3. The van der Waals surface area contributed by atoms with E-state index in [1.54, 1.807) is 0 Å². The molecule has 2 N–H and O–H groups in total. The molecule has 0 aliphatic rings. The van der Waals surface area contributed by atoms with Crippen molar-refractivity contribution in [2.24, 2.45) is 5.92 Å². The molecule has 0 aromatic carbocycles. The minimum absolute atomic E-state index is 0.113. The fourth-order valence-electron chi connectivity index (χ4n) is 1.35. The molecule has 0 saturated carbocycles. The average molecular weight is 252 g/mol. The normalized spacial score (nSPS) is 12.6. The number of carbonyl (C=O) groups is 1. The third kappa shape index (κ3) is 5.54. The lowest BCUT2D eigenvalue weighted by molar-refractivity contribution is -0.116. The summed E-state index contributed by atoms with van der Waals surface area (Å²) in [5, 5.41) is 11.4. The molecule has 1 amide bonds. The second-order valence-electron chi connectivity index (χ2n) is 4.13. The molecule has 0 spiro atoms. The van der Waals surface area contributed by atoms with Gasteiger partial charge in [0.2, 0.25) is 5.91 Å². The van der Waals surface area contributed by atoms with Crippen molar-refractivity contribution in [3.05, 3.63) is 35.9 Å². The van der Waals surface area contributed by atoms with E-state index in [9.17, 15) is 9.18 Å². The molecule has 98 valence electrons. The third-order valence-corrected chi connectivity index (χ3v) is 2.40. The number of amides is 1. The summed E-state index contributed by atoms with van der Waals surface area (Å²) < 4.78 is 12.8. The van der Waals surface area contributed by atoms with E-state index in [0.717, 1.165) is 6.20 Å². The SMILES string of the molecule is CC(CCO)CNC(=O)/C=C/c1cncc(F)c1. The maximum Gasteiger partial charge on any atom is 0.244 e. The van der Waals surface area contributed by atoms with Crippen LogP contribution in [0.4, 0.5) is 4.39 Å². The fraction of sp³-hybridized carbons (Fsp3) is 0.385. The molecular weight excluding hydrogens is 235 g/mol. The van der Waals surface area contributed by atoms with E-state index in [-0.39, 0.29) is 18.4 Å². The van der Waals surface area contributed by atoms with Crippen LogP contribution < -0.4 is 5.32 Å². The zero-order chi connectivity index (χ0) is 13.4. The first-order valence-corrected chi connectivity index (χ1v) is 5.79. The average Bonchev–Trinajstić information content (AvgIpc) is 2.34. The summed E-state index contributed by atoms with van der Waals surface area (Å²) in [6, 6.07) is 1.30. The van der Waals surface area contributed by atoms with Crippen molar-refractivity contribution in [1.82, 2.24) is 10.3 Å². The summed E-state index contributed by atoms with van der Waals surface area (Å²) in [6.07, 6.45) is 6.07. The Balaban J connectivity index is 2.40. The minimum Gasteiger partial charge on any atom is -0.396 e. The van der Waals surface area contributed by atoms with Crippen LogP contribution in [0.15, 0.2) is 24.5 Å². The Labute approximate surface area is 106 Å². The van der Waals surface area contributed by atoms with Crippen molar-refractivity contribution in [2.45, 2.75) is 13.3 Å². The Kier molecular flexibility index (Phi) is 6.00. The lowest BCUT2D eigenvalue weighted by Crippen LogP contribution is -2.26. The molecule has 1 atom stereocenters. The van der Waals surface area contributed by atoms with Gasteiger partial charge in [-0.2, -0.15) is 0 Å². The predicted octanol–water partition coefficient (Wildman–Crippen LogP) is 1.37. The van der Waals surface area contributed by atoms with Crippen LogP contribution in [0, 0.1) is 11.7 Å². The van der Waals surface area contributed by atoms with Crippen molar-refractivity contribution in [2.75, 3.05) is 13.2 Å². The largest absolute Gasteiger partial charge is 0.396 e. The topological polar surface area (TPSA) is 62.2 Å². The van der Waals surface area contributed by atoms with Gasteiger partial charge in [0.25, 0.3) is 0 Å². The molecule has 1 unspecified atom stereocenters. The number of halogens is 1. The quantitative estimate of drug-likeness (QED) is 0.752. The molecule has 1 heterocycles. The molecular formula is C13H17FN2O2. The van der Waals surface area contributed by atoms with Gasteiger partial charge in [-0.25, -0.2) is 4.39 Å². The molecule has 1 rings (SSSR count). The highest BCUT2D eigenvalue weighted by atomic mass is 19.1. The lowest BCUT2D eigenvalue weighted by Gasteiger charge is -2.09.